The van der Waals surface area contributed by atoms with Gasteiger partial charge in [0.05, 0.1) is 6.10 Å². The fraction of sp³-hybridized carbons (Fsp3) is 0.294. The molecule has 106 valence electrons. The van der Waals surface area contributed by atoms with Gasteiger partial charge >= 0.3 is 0 Å². The molecule has 0 fully saturated rings. The van der Waals surface area contributed by atoms with Gasteiger partial charge in [-0.25, -0.2) is 0 Å². The Hall–Kier alpha value is -1.84. The van der Waals surface area contributed by atoms with Crippen LogP contribution in [0.5, 0.6) is 11.5 Å². The zero-order valence-electron chi connectivity index (χ0n) is 11.6. The Morgan fingerprint density at radius 3 is 2.40 bits per heavy atom. The van der Waals surface area contributed by atoms with Crippen molar-refractivity contribution in [1.29, 1.82) is 0 Å². The second-order valence-corrected chi connectivity index (χ2v) is 4.68. The van der Waals surface area contributed by atoms with Gasteiger partial charge in [0, 0.05) is 12.2 Å². The number of benzene rings is 2. The number of aliphatic hydroxyl groups is 2. The molecule has 1 atom stereocenters. The lowest BCUT2D eigenvalue weighted by molar-refractivity contribution is 0.170. The first-order chi connectivity index (χ1) is 9.74. The maximum atomic E-state index is 9.99. The molecule has 0 unspecified atom stereocenters. The third kappa shape index (κ3) is 3.59. The van der Waals surface area contributed by atoms with Crippen LogP contribution >= 0.6 is 0 Å². The van der Waals surface area contributed by atoms with Crippen LogP contribution < -0.4 is 4.74 Å². The van der Waals surface area contributed by atoms with Gasteiger partial charge in [-0.3, -0.25) is 0 Å². The molecule has 0 saturated carbocycles. The second kappa shape index (κ2) is 7.08. The average Bonchev–Trinajstić information content (AvgIpc) is 2.49. The minimum atomic E-state index is -0.514. The van der Waals surface area contributed by atoms with Gasteiger partial charge in [0.25, 0.3) is 0 Å². The quantitative estimate of drug-likeness (QED) is 0.846. The van der Waals surface area contributed by atoms with E-state index in [1.54, 1.807) is 0 Å². The lowest BCUT2D eigenvalue weighted by Gasteiger charge is -2.14. The molecule has 3 nitrogen and oxygen atoms in total. The highest BCUT2D eigenvalue weighted by Gasteiger charge is 2.11. The number of aliphatic hydroxyl groups excluding tert-OH is 2. The van der Waals surface area contributed by atoms with Crippen molar-refractivity contribution in [3.63, 3.8) is 0 Å². The first-order valence-electron chi connectivity index (χ1n) is 6.89. The fourth-order valence-electron chi connectivity index (χ4n) is 2.05. The minimum absolute atomic E-state index is 0.145. The van der Waals surface area contributed by atoms with Crippen LogP contribution in [0.2, 0.25) is 0 Å². The molecule has 0 spiro atoms. The standard InChI is InChI=1S/C17H20O3/c1-2-16(19)15-5-3-4-6-17(15)20-14-9-7-13(8-10-14)11-12-18/h3-10,16,18-19H,2,11-12H2,1H3/t16-/m1/s1. The van der Waals surface area contributed by atoms with Crippen molar-refractivity contribution in [1.82, 2.24) is 0 Å². The van der Waals surface area contributed by atoms with Crippen LogP contribution in [0.1, 0.15) is 30.6 Å². The van der Waals surface area contributed by atoms with Crippen molar-refractivity contribution >= 4 is 0 Å². The third-order valence-electron chi connectivity index (χ3n) is 3.22. The summed E-state index contributed by atoms with van der Waals surface area (Å²) in [4.78, 5) is 0. The summed E-state index contributed by atoms with van der Waals surface area (Å²) in [5, 5.41) is 18.9. The lowest BCUT2D eigenvalue weighted by atomic mass is 10.1. The maximum absolute atomic E-state index is 9.99. The van der Waals surface area contributed by atoms with Crippen LogP contribution in [-0.2, 0) is 6.42 Å². The molecule has 2 N–H and O–H groups in total. The van der Waals surface area contributed by atoms with Crippen LogP contribution in [0, 0.1) is 0 Å². The molecule has 0 aliphatic carbocycles. The van der Waals surface area contributed by atoms with Gasteiger partial charge in [0.2, 0.25) is 0 Å². The molecule has 2 aromatic carbocycles. The summed E-state index contributed by atoms with van der Waals surface area (Å²) in [6.07, 6.45) is 0.779. The average molecular weight is 272 g/mol. The zero-order valence-corrected chi connectivity index (χ0v) is 11.6. The van der Waals surface area contributed by atoms with Gasteiger partial charge in [-0.1, -0.05) is 37.3 Å². The SMILES string of the molecule is CC[C@@H](O)c1ccccc1Oc1ccc(CCO)cc1. The van der Waals surface area contributed by atoms with E-state index >= 15 is 0 Å². The molecule has 0 aromatic heterocycles. The Kier molecular flexibility index (Phi) is 5.16. The van der Waals surface area contributed by atoms with Gasteiger partial charge in [0.15, 0.2) is 0 Å². The summed E-state index contributed by atoms with van der Waals surface area (Å²) < 4.78 is 5.84. The van der Waals surface area contributed by atoms with Crippen LogP contribution in [0.15, 0.2) is 48.5 Å². The topological polar surface area (TPSA) is 49.7 Å². The van der Waals surface area contributed by atoms with Crippen LogP contribution in [-0.4, -0.2) is 16.8 Å². The molecule has 0 aliphatic rings. The molecule has 2 aromatic rings. The van der Waals surface area contributed by atoms with Crippen LogP contribution in [0.3, 0.4) is 0 Å². The Morgan fingerprint density at radius 1 is 1.05 bits per heavy atom. The van der Waals surface area contributed by atoms with E-state index in [9.17, 15) is 5.11 Å². The van der Waals surface area contributed by atoms with Gasteiger partial charge in [-0.15, -0.1) is 0 Å². The number of rotatable bonds is 6. The molecule has 20 heavy (non-hydrogen) atoms. The molecule has 0 heterocycles. The van der Waals surface area contributed by atoms with E-state index in [1.165, 1.54) is 0 Å². The summed E-state index contributed by atoms with van der Waals surface area (Å²) in [6.45, 7) is 2.08. The van der Waals surface area contributed by atoms with E-state index in [2.05, 4.69) is 0 Å². The predicted molar refractivity (Wildman–Crippen MR) is 79.0 cm³/mol. The number of hydrogen-bond donors (Lipinski definition) is 2. The molecule has 0 saturated heterocycles. The van der Waals surface area contributed by atoms with E-state index in [-0.39, 0.29) is 6.61 Å². The number of hydrogen-bond acceptors (Lipinski definition) is 3. The largest absolute Gasteiger partial charge is 0.457 e. The number of para-hydroxylation sites is 1. The third-order valence-corrected chi connectivity index (χ3v) is 3.22. The van der Waals surface area contributed by atoms with Gasteiger partial charge < -0.3 is 14.9 Å². The number of ether oxygens (including phenoxy) is 1. The first kappa shape index (κ1) is 14.6. The van der Waals surface area contributed by atoms with Crippen molar-refractivity contribution in [3.05, 3.63) is 59.7 Å². The first-order valence-corrected chi connectivity index (χ1v) is 6.89. The second-order valence-electron chi connectivity index (χ2n) is 4.68. The highest BCUT2D eigenvalue weighted by atomic mass is 16.5. The molecule has 0 radical (unpaired) electrons. The Balaban J connectivity index is 2.17. The smallest absolute Gasteiger partial charge is 0.133 e. The van der Waals surface area contributed by atoms with Crippen molar-refractivity contribution in [3.8, 4) is 11.5 Å². The van der Waals surface area contributed by atoms with Crippen molar-refractivity contribution in [2.45, 2.75) is 25.9 Å². The van der Waals surface area contributed by atoms with E-state index in [4.69, 9.17) is 9.84 Å². The normalized spacial score (nSPS) is 12.2. The van der Waals surface area contributed by atoms with Crippen LogP contribution in [0.4, 0.5) is 0 Å². The van der Waals surface area contributed by atoms with Crippen molar-refractivity contribution in [2.24, 2.45) is 0 Å². The van der Waals surface area contributed by atoms with Crippen molar-refractivity contribution < 1.29 is 14.9 Å². The zero-order chi connectivity index (χ0) is 14.4. The fourth-order valence-corrected chi connectivity index (χ4v) is 2.05. The highest BCUT2D eigenvalue weighted by Crippen LogP contribution is 2.30. The van der Waals surface area contributed by atoms with E-state index in [0.29, 0.717) is 18.6 Å². The lowest BCUT2D eigenvalue weighted by Crippen LogP contribution is -1.98. The predicted octanol–water partition coefficient (Wildman–Crippen LogP) is 3.46. The monoisotopic (exact) mass is 272 g/mol. The summed E-state index contributed by atoms with van der Waals surface area (Å²) in [6, 6.07) is 15.1. The Bertz CT molecular complexity index is 534. The molecular weight excluding hydrogens is 252 g/mol. The molecule has 0 bridgehead atoms. The van der Waals surface area contributed by atoms with Gasteiger partial charge in [0.1, 0.15) is 11.5 Å². The molecule has 0 amide bonds. The Labute approximate surface area is 119 Å². The van der Waals surface area contributed by atoms with E-state index in [1.807, 2.05) is 55.5 Å². The van der Waals surface area contributed by atoms with Crippen LogP contribution in [0.25, 0.3) is 0 Å². The highest BCUT2D eigenvalue weighted by molar-refractivity contribution is 5.39. The maximum Gasteiger partial charge on any atom is 0.133 e. The van der Waals surface area contributed by atoms with E-state index < -0.39 is 6.10 Å². The van der Waals surface area contributed by atoms with Gasteiger partial charge in [-0.2, -0.15) is 0 Å². The molecule has 2 rings (SSSR count). The molecule has 3 heteroatoms. The van der Waals surface area contributed by atoms with Crippen molar-refractivity contribution in [2.75, 3.05) is 6.61 Å². The summed E-state index contributed by atoms with van der Waals surface area (Å²) in [7, 11) is 0. The summed E-state index contributed by atoms with van der Waals surface area (Å²) >= 11 is 0. The summed E-state index contributed by atoms with van der Waals surface area (Å²) in [5.41, 5.74) is 1.87. The van der Waals surface area contributed by atoms with Gasteiger partial charge in [-0.05, 0) is 36.6 Å². The molecule has 0 aliphatic heterocycles. The Morgan fingerprint density at radius 2 is 1.75 bits per heavy atom. The summed E-state index contributed by atoms with van der Waals surface area (Å²) in [5.74, 6) is 1.40. The minimum Gasteiger partial charge on any atom is -0.457 e. The van der Waals surface area contributed by atoms with E-state index in [0.717, 1.165) is 16.9 Å². The molecular formula is C17H20O3.